The molecule has 3 N–H and O–H groups in total. The first-order valence-corrected chi connectivity index (χ1v) is 2.58. The van der Waals surface area contributed by atoms with Gasteiger partial charge in [0.1, 0.15) is 0 Å². The first-order valence-electron chi connectivity index (χ1n) is 0.860. The van der Waals surface area contributed by atoms with Gasteiger partial charge in [-0.05, 0) is 0 Å². The van der Waals surface area contributed by atoms with E-state index in [2.05, 4.69) is 0 Å². The van der Waals surface area contributed by atoms with Crippen molar-refractivity contribution >= 4 is 72.0 Å². The van der Waals surface area contributed by atoms with Crippen LogP contribution in [0.15, 0.2) is 0 Å². The molecule has 42 valence electrons. The maximum absolute atomic E-state index is 10.5. The topological polar surface area (TPSA) is 60.7 Å². The average Bonchev–Trinajstić information content (AvgIpc) is 0.722. The standard InChI is InChI=1S/Al.FH3O3Si.Sr.5H/c;1-5(2,3)4;;;;;;/h;2-4H;;;;;;/q;;+2;;;;2*-1. The molecule has 7 heteroatoms. The minimum atomic E-state index is -5.11. The second-order valence-electron chi connectivity index (χ2n) is 0.554. The van der Waals surface area contributed by atoms with Crippen LogP contribution in [0.4, 0.5) is 4.11 Å². The van der Waals surface area contributed by atoms with Gasteiger partial charge in [-0.2, -0.15) is 0 Å². The van der Waals surface area contributed by atoms with Crippen molar-refractivity contribution in [2.24, 2.45) is 0 Å². The fourth-order valence-corrected chi connectivity index (χ4v) is 0. The summed E-state index contributed by atoms with van der Waals surface area (Å²) in [6.07, 6.45) is 0. The Balaban J connectivity index is -0.0000000133. The van der Waals surface area contributed by atoms with E-state index < -0.39 is 9.14 Å². The molecule has 0 atom stereocenters. The first kappa shape index (κ1) is 16.0. The molecule has 0 aliphatic heterocycles. The predicted molar refractivity (Wildman–Crippen MR) is 31.4 cm³/mol. The maximum Gasteiger partial charge on any atom is 2.00 e. The molecule has 0 fully saturated rings. The van der Waals surface area contributed by atoms with Gasteiger partial charge in [0.2, 0.25) is 0 Å². The third-order valence-corrected chi connectivity index (χ3v) is 0. The molecule has 0 bridgehead atoms. The minimum absolute atomic E-state index is 0. The average molecular weight is 218 g/mol. The summed E-state index contributed by atoms with van der Waals surface area (Å²) < 4.78 is 10.5. The van der Waals surface area contributed by atoms with Gasteiger partial charge in [-0.25, -0.2) is 4.11 Å². The van der Waals surface area contributed by atoms with Crippen LogP contribution in [0.1, 0.15) is 2.85 Å². The SMILES string of the molecule is O[Si](O)(O)F.[AlH3].[H-].[H-].[Sr+2]. The van der Waals surface area contributed by atoms with E-state index in [1.54, 1.807) is 0 Å². The van der Waals surface area contributed by atoms with Crippen molar-refractivity contribution in [3.63, 3.8) is 0 Å². The summed E-state index contributed by atoms with van der Waals surface area (Å²) in [6.45, 7) is 0. The molecule has 0 rings (SSSR count). The van der Waals surface area contributed by atoms with Crippen molar-refractivity contribution in [3.05, 3.63) is 0 Å². The molecule has 0 aromatic carbocycles. The quantitative estimate of drug-likeness (QED) is 0.300. The van der Waals surface area contributed by atoms with Gasteiger partial charge in [-0.3, -0.25) is 0 Å². The van der Waals surface area contributed by atoms with E-state index in [1.807, 2.05) is 0 Å². The third kappa shape index (κ3) is 70.5. The minimum Gasteiger partial charge on any atom is -1.00 e. The van der Waals surface area contributed by atoms with E-state index in [0.29, 0.717) is 0 Å². The monoisotopic (exact) mass is 218 g/mol. The van der Waals surface area contributed by atoms with Gasteiger partial charge in [-0.15, -0.1) is 0 Å². The molecule has 0 amide bonds. The summed E-state index contributed by atoms with van der Waals surface area (Å²) in [4.78, 5) is 21.3. The molecule has 0 aromatic heterocycles. The molecular formula is H8AlFO3SiSr. The second kappa shape index (κ2) is 6.16. The Morgan fingerprint density at radius 1 is 1.29 bits per heavy atom. The van der Waals surface area contributed by atoms with Gasteiger partial charge < -0.3 is 17.2 Å². The summed E-state index contributed by atoms with van der Waals surface area (Å²) in [5.41, 5.74) is 0. The molecule has 0 spiro atoms. The van der Waals surface area contributed by atoms with Gasteiger partial charge in [0.15, 0.2) is 17.4 Å². The van der Waals surface area contributed by atoms with E-state index in [4.69, 9.17) is 14.4 Å². The molecular weight excluding hydrogens is 210 g/mol. The van der Waals surface area contributed by atoms with Crippen LogP contribution < -0.4 is 0 Å². The molecule has 0 aliphatic rings. The maximum atomic E-state index is 10.5. The Labute approximate surface area is 92.1 Å². The fraction of sp³-hybridized carbons (Fsp3) is 0. The largest absolute Gasteiger partial charge is 2.00 e. The van der Waals surface area contributed by atoms with E-state index >= 15 is 0 Å². The van der Waals surface area contributed by atoms with Crippen LogP contribution in [0.3, 0.4) is 0 Å². The van der Waals surface area contributed by atoms with Crippen LogP contribution in [0, 0.1) is 0 Å². The molecule has 0 aliphatic carbocycles. The van der Waals surface area contributed by atoms with E-state index in [0.717, 1.165) is 0 Å². The zero-order valence-corrected chi connectivity index (χ0v) is 7.40. The van der Waals surface area contributed by atoms with Crippen molar-refractivity contribution in [2.75, 3.05) is 0 Å². The Morgan fingerprint density at radius 3 is 1.29 bits per heavy atom. The Hall–Kier alpha value is 2.04. The zero-order chi connectivity index (χ0) is 4.50. The molecule has 7 heavy (non-hydrogen) atoms. The van der Waals surface area contributed by atoms with Gasteiger partial charge in [0.25, 0.3) is 0 Å². The second-order valence-corrected chi connectivity index (χ2v) is 1.66. The summed E-state index contributed by atoms with van der Waals surface area (Å²) >= 11 is 0. The van der Waals surface area contributed by atoms with E-state index in [9.17, 15) is 4.11 Å². The Morgan fingerprint density at radius 2 is 1.29 bits per heavy atom. The number of halogens is 1. The molecule has 0 unspecified atom stereocenters. The van der Waals surface area contributed by atoms with Crippen LogP contribution in [-0.2, 0) is 0 Å². The predicted octanol–water partition coefficient (Wildman–Crippen LogP) is -2.97. The Kier molecular flexibility index (Phi) is 14.1. The number of hydrogen-bond donors (Lipinski definition) is 3. The smallest absolute Gasteiger partial charge is 1.00 e. The normalized spacial score (nSPS) is 8.57. The van der Waals surface area contributed by atoms with Gasteiger partial charge in [-0.1, -0.05) is 0 Å². The van der Waals surface area contributed by atoms with E-state index in [-0.39, 0.29) is 65.7 Å². The van der Waals surface area contributed by atoms with Gasteiger partial charge in [0.05, 0.1) is 0 Å². The summed E-state index contributed by atoms with van der Waals surface area (Å²) in [5, 5.41) is 0. The molecule has 0 aromatic rings. The van der Waals surface area contributed by atoms with Crippen molar-refractivity contribution in [1.29, 1.82) is 0 Å². The first-order chi connectivity index (χ1) is 2.00. The van der Waals surface area contributed by atoms with Crippen molar-refractivity contribution in [3.8, 4) is 0 Å². The number of rotatable bonds is 0. The van der Waals surface area contributed by atoms with Gasteiger partial charge >= 0.3 is 54.6 Å². The van der Waals surface area contributed by atoms with Crippen LogP contribution in [0.5, 0.6) is 0 Å². The molecule has 0 heterocycles. The van der Waals surface area contributed by atoms with Crippen LogP contribution >= 0.6 is 0 Å². The number of hydrogen-bond acceptors (Lipinski definition) is 3. The van der Waals surface area contributed by atoms with Crippen LogP contribution in [0.25, 0.3) is 0 Å². The molecule has 3 nitrogen and oxygen atoms in total. The van der Waals surface area contributed by atoms with Crippen molar-refractivity contribution < 1.29 is 21.3 Å². The van der Waals surface area contributed by atoms with Gasteiger partial charge in [0, 0.05) is 0 Å². The van der Waals surface area contributed by atoms with Crippen LogP contribution in [-0.4, -0.2) is 86.4 Å². The molecule has 0 saturated heterocycles. The summed E-state index contributed by atoms with van der Waals surface area (Å²) in [7, 11) is -5.11. The Bertz CT molecular complexity index is 37.3. The summed E-state index contributed by atoms with van der Waals surface area (Å²) in [6, 6.07) is 0. The summed E-state index contributed by atoms with van der Waals surface area (Å²) in [5.74, 6) is 0. The molecule has 0 saturated carbocycles. The van der Waals surface area contributed by atoms with Crippen molar-refractivity contribution in [2.45, 2.75) is 0 Å². The van der Waals surface area contributed by atoms with Crippen LogP contribution in [0.2, 0.25) is 0 Å². The zero-order valence-electron chi connectivity index (χ0n) is 4.93. The van der Waals surface area contributed by atoms with E-state index in [1.165, 1.54) is 0 Å². The molecule has 0 radical (unpaired) electrons. The van der Waals surface area contributed by atoms with Crippen molar-refractivity contribution in [1.82, 2.24) is 0 Å². The fourth-order valence-electron chi connectivity index (χ4n) is 0. The third-order valence-electron chi connectivity index (χ3n) is 0.